The minimum atomic E-state index is -1.05. The molecule has 0 spiro atoms. The smallest absolute Gasteiger partial charge is 0.236 e. The number of aryl methyl sites for hydroxylation is 2. The SMILES string of the molecule is CCOc1cc(C(C)(N)N)ccc1C(=N[C@@H](Cc1ccc(C)cc1)c1ccc(CC)cc1)C1C(CN)C1C(O)N1CCCN(CC(=O)N(C)C)CC1. The number of aliphatic imine (C=N–C) groups is 1. The number of amides is 1. The Bertz CT molecular complexity index is 1650. The van der Waals surface area contributed by atoms with Gasteiger partial charge < -0.3 is 31.9 Å². The molecule has 3 aromatic carbocycles. The van der Waals surface area contributed by atoms with Crippen LogP contribution in [0.15, 0.2) is 71.7 Å². The molecule has 282 valence electrons. The largest absolute Gasteiger partial charge is 0.493 e. The molecule has 1 saturated carbocycles. The number of rotatable bonds is 15. The summed E-state index contributed by atoms with van der Waals surface area (Å²) in [5, 5.41) is 12.1. The van der Waals surface area contributed by atoms with Gasteiger partial charge >= 0.3 is 0 Å². The highest BCUT2D eigenvalue weighted by atomic mass is 16.5. The third-order valence-electron chi connectivity index (χ3n) is 10.8. The Morgan fingerprint density at radius 3 is 2.31 bits per heavy atom. The van der Waals surface area contributed by atoms with Gasteiger partial charge in [-0.1, -0.05) is 67.1 Å². The molecule has 1 saturated heterocycles. The van der Waals surface area contributed by atoms with Crippen LogP contribution in [0.25, 0.3) is 0 Å². The fraction of sp³-hybridized carbons (Fsp3) is 0.524. The average Bonchev–Trinajstić information content (AvgIpc) is 3.90. The van der Waals surface area contributed by atoms with Gasteiger partial charge in [-0.25, -0.2) is 0 Å². The number of carbonyl (C=O) groups is 1. The molecule has 2 aliphatic rings. The lowest BCUT2D eigenvalue weighted by Crippen LogP contribution is -2.42. The first-order chi connectivity index (χ1) is 24.8. The van der Waals surface area contributed by atoms with Gasteiger partial charge in [0.1, 0.15) is 12.0 Å². The highest BCUT2D eigenvalue weighted by Gasteiger charge is 2.57. The van der Waals surface area contributed by atoms with Crippen LogP contribution in [0.4, 0.5) is 0 Å². The van der Waals surface area contributed by atoms with Crippen LogP contribution in [0, 0.1) is 24.7 Å². The maximum atomic E-state index is 12.5. The summed E-state index contributed by atoms with van der Waals surface area (Å²) in [5.74, 6) is 0.560. The number of carbonyl (C=O) groups excluding carboxylic acids is 1. The van der Waals surface area contributed by atoms with E-state index in [0.717, 1.165) is 48.3 Å². The summed E-state index contributed by atoms with van der Waals surface area (Å²) < 4.78 is 6.31. The van der Waals surface area contributed by atoms with E-state index in [2.05, 4.69) is 72.2 Å². The highest BCUT2D eigenvalue weighted by molar-refractivity contribution is 6.06. The lowest BCUT2D eigenvalue weighted by atomic mass is 9.94. The molecule has 7 N–H and O–H groups in total. The lowest BCUT2D eigenvalue weighted by molar-refractivity contribution is -0.129. The van der Waals surface area contributed by atoms with Crippen LogP contribution < -0.4 is 21.9 Å². The molecule has 1 aliphatic heterocycles. The van der Waals surface area contributed by atoms with E-state index in [1.165, 1.54) is 16.7 Å². The van der Waals surface area contributed by atoms with E-state index >= 15 is 0 Å². The van der Waals surface area contributed by atoms with Crippen LogP contribution in [0.2, 0.25) is 0 Å². The summed E-state index contributed by atoms with van der Waals surface area (Å²) in [6.07, 6.45) is 1.83. The van der Waals surface area contributed by atoms with Crippen LogP contribution in [0.1, 0.15) is 66.6 Å². The van der Waals surface area contributed by atoms with Crippen molar-refractivity contribution in [3.8, 4) is 5.75 Å². The van der Waals surface area contributed by atoms with Crippen LogP contribution in [-0.2, 0) is 23.3 Å². The Balaban J connectivity index is 1.56. The molecule has 2 fully saturated rings. The molecule has 10 heteroatoms. The number of nitrogens with zero attached hydrogens (tertiary/aromatic N) is 4. The summed E-state index contributed by atoms with van der Waals surface area (Å²) in [6.45, 7) is 12.2. The molecule has 0 radical (unpaired) electrons. The standard InChI is InChI=1S/C42H61N7O3/c1-7-29-14-16-31(17-15-29)35(24-30-12-10-28(3)11-13-30)46-40(33-19-18-32(42(4,44)45)25-36(33)52-8-2)38-34(26-43)39(38)41(51)49-21-9-20-48(22-23-49)27-37(50)47(5)6/h10-19,25,34-35,38-39,41,51H,7-9,20-24,26-27,43-45H2,1-6H3/t34?,35-,38?,39?,41?/m0/s1. The molecule has 10 nitrogen and oxygen atoms in total. The van der Waals surface area contributed by atoms with Crippen molar-refractivity contribution in [2.24, 2.45) is 39.9 Å². The molecule has 52 heavy (non-hydrogen) atoms. The van der Waals surface area contributed by atoms with E-state index in [1.807, 2.05) is 25.1 Å². The van der Waals surface area contributed by atoms with Crippen molar-refractivity contribution in [2.45, 2.75) is 64.9 Å². The molecule has 1 amide bonds. The van der Waals surface area contributed by atoms with Gasteiger partial charge in [-0.2, -0.15) is 0 Å². The van der Waals surface area contributed by atoms with Gasteiger partial charge in [0.2, 0.25) is 5.91 Å². The van der Waals surface area contributed by atoms with Crippen molar-refractivity contribution in [1.82, 2.24) is 14.7 Å². The number of ether oxygens (including phenoxy) is 1. The molecule has 5 rings (SSSR count). The van der Waals surface area contributed by atoms with Crippen LogP contribution in [0.5, 0.6) is 5.75 Å². The number of nitrogens with two attached hydrogens (primary N) is 3. The first kappa shape index (κ1) is 39.6. The zero-order chi connectivity index (χ0) is 37.6. The normalized spacial score (nSPS) is 21.3. The second kappa shape index (κ2) is 17.5. The molecule has 3 aromatic rings. The second-order valence-corrected chi connectivity index (χ2v) is 15.1. The van der Waals surface area contributed by atoms with E-state index < -0.39 is 11.9 Å². The molecule has 1 heterocycles. The molecule has 1 aliphatic carbocycles. The zero-order valence-corrected chi connectivity index (χ0v) is 32.1. The summed E-state index contributed by atoms with van der Waals surface area (Å²) >= 11 is 0. The molecule has 5 atom stereocenters. The van der Waals surface area contributed by atoms with Crippen molar-refractivity contribution >= 4 is 11.6 Å². The first-order valence-corrected chi connectivity index (χ1v) is 19.0. The highest BCUT2D eigenvalue weighted by Crippen LogP contribution is 2.52. The van der Waals surface area contributed by atoms with Gasteiger partial charge in [0.05, 0.1) is 30.6 Å². The number of benzene rings is 3. The van der Waals surface area contributed by atoms with Gasteiger partial charge in [0, 0.05) is 51.1 Å². The van der Waals surface area contributed by atoms with E-state index in [0.29, 0.717) is 45.0 Å². The molecule has 0 aromatic heterocycles. The molecular formula is C42H61N7O3. The number of likely N-dealkylation sites (N-methyl/N-ethyl adjacent to an activating group) is 1. The third kappa shape index (κ3) is 9.66. The van der Waals surface area contributed by atoms with Gasteiger partial charge in [0.15, 0.2) is 0 Å². The lowest BCUT2D eigenvalue weighted by Gasteiger charge is -2.28. The third-order valence-corrected chi connectivity index (χ3v) is 10.8. The van der Waals surface area contributed by atoms with Gasteiger partial charge in [0.25, 0.3) is 0 Å². The molecule has 4 unspecified atom stereocenters. The van der Waals surface area contributed by atoms with Crippen LogP contribution in [-0.4, -0.2) is 97.6 Å². The van der Waals surface area contributed by atoms with Crippen molar-refractivity contribution in [1.29, 1.82) is 0 Å². The Labute approximate surface area is 311 Å². The maximum Gasteiger partial charge on any atom is 0.236 e. The van der Waals surface area contributed by atoms with E-state index in [4.69, 9.17) is 26.9 Å². The van der Waals surface area contributed by atoms with E-state index in [-0.39, 0.29) is 29.7 Å². The molecule has 0 bridgehead atoms. The first-order valence-electron chi connectivity index (χ1n) is 19.0. The van der Waals surface area contributed by atoms with E-state index in [9.17, 15) is 9.90 Å². The summed E-state index contributed by atoms with van der Waals surface area (Å²) in [7, 11) is 3.58. The summed E-state index contributed by atoms with van der Waals surface area (Å²) in [4.78, 5) is 24.1. The van der Waals surface area contributed by atoms with Crippen molar-refractivity contribution < 1.29 is 14.6 Å². The Morgan fingerprint density at radius 1 is 1.00 bits per heavy atom. The Morgan fingerprint density at radius 2 is 1.69 bits per heavy atom. The zero-order valence-electron chi connectivity index (χ0n) is 32.1. The number of aliphatic hydroxyl groups excluding tert-OH is 1. The average molecular weight is 712 g/mol. The number of hydrogen-bond donors (Lipinski definition) is 4. The van der Waals surface area contributed by atoms with Gasteiger partial charge in [-0.15, -0.1) is 0 Å². The Kier molecular flexibility index (Phi) is 13.3. The minimum absolute atomic E-state index is 0.0225. The van der Waals surface area contributed by atoms with Gasteiger partial charge in [-0.3, -0.25) is 19.6 Å². The van der Waals surface area contributed by atoms with Crippen LogP contribution >= 0.6 is 0 Å². The molecular weight excluding hydrogens is 651 g/mol. The Hall–Kier alpha value is -3.64. The predicted molar refractivity (Wildman–Crippen MR) is 210 cm³/mol. The van der Waals surface area contributed by atoms with Crippen molar-refractivity contribution in [3.05, 3.63) is 100 Å². The minimum Gasteiger partial charge on any atom is -0.493 e. The van der Waals surface area contributed by atoms with Crippen LogP contribution in [0.3, 0.4) is 0 Å². The maximum absolute atomic E-state index is 12.5. The monoisotopic (exact) mass is 711 g/mol. The number of hydrogen-bond acceptors (Lipinski definition) is 9. The predicted octanol–water partition coefficient (Wildman–Crippen LogP) is 4.05. The summed E-state index contributed by atoms with van der Waals surface area (Å²) in [5.41, 5.74) is 25.5. The quantitative estimate of drug-likeness (QED) is 0.137. The number of aliphatic hydroxyl groups is 1. The van der Waals surface area contributed by atoms with Crippen molar-refractivity contribution in [2.75, 3.05) is 60.0 Å². The fourth-order valence-electron chi connectivity index (χ4n) is 7.49. The van der Waals surface area contributed by atoms with Gasteiger partial charge in [-0.05, 0) is 93.4 Å². The second-order valence-electron chi connectivity index (χ2n) is 15.1. The topological polar surface area (TPSA) is 147 Å². The summed E-state index contributed by atoms with van der Waals surface area (Å²) in [6, 6.07) is 23.2. The fourth-order valence-corrected chi connectivity index (χ4v) is 7.49. The van der Waals surface area contributed by atoms with E-state index in [1.54, 1.807) is 25.9 Å². The van der Waals surface area contributed by atoms with Crippen molar-refractivity contribution in [3.63, 3.8) is 0 Å².